The SMILES string of the molecule is C/C(=N\NC(=S)NCCC[Si](C)(C)C)c1ccc(Cl)c(Cl)c1. The third-order valence-corrected chi connectivity index (χ3v) is 5.88. The fourth-order valence-corrected chi connectivity index (χ4v) is 3.46. The van der Waals surface area contributed by atoms with Gasteiger partial charge in [0.05, 0.1) is 15.8 Å². The van der Waals surface area contributed by atoms with Crippen LogP contribution in [-0.2, 0) is 0 Å². The molecule has 22 heavy (non-hydrogen) atoms. The summed E-state index contributed by atoms with van der Waals surface area (Å²) < 4.78 is 0. The van der Waals surface area contributed by atoms with E-state index in [9.17, 15) is 0 Å². The molecular weight excluding hydrogens is 353 g/mol. The van der Waals surface area contributed by atoms with Crippen LogP contribution in [0, 0.1) is 0 Å². The summed E-state index contributed by atoms with van der Waals surface area (Å²) >= 11 is 17.1. The highest BCUT2D eigenvalue weighted by molar-refractivity contribution is 7.80. The molecule has 1 aromatic carbocycles. The molecule has 0 unspecified atom stereocenters. The van der Waals surface area contributed by atoms with Crippen LogP contribution in [0.25, 0.3) is 0 Å². The van der Waals surface area contributed by atoms with Crippen molar-refractivity contribution >= 4 is 54.3 Å². The van der Waals surface area contributed by atoms with Gasteiger partial charge in [-0.3, -0.25) is 5.43 Å². The van der Waals surface area contributed by atoms with Crippen molar-refractivity contribution in [2.24, 2.45) is 5.10 Å². The molecule has 0 fully saturated rings. The summed E-state index contributed by atoms with van der Waals surface area (Å²) in [6.07, 6.45) is 1.13. The van der Waals surface area contributed by atoms with Gasteiger partial charge in [0.25, 0.3) is 0 Å². The Morgan fingerprint density at radius 1 is 1.23 bits per heavy atom. The summed E-state index contributed by atoms with van der Waals surface area (Å²) in [5.41, 5.74) is 4.56. The Balaban J connectivity index is 2.43. The van der Waals surface area contributed by atoms with Crippen molar-refractivity contribution < 1.29 is 0 Å². The third kappa shape index (κ3) is 7.58. The average molecular weight is 376 g/mol. The predicted octanol–water partition coefficient (Wildman–Crippen LogP) is 4.91. The molecule has 1 rings (SSSR count). The number of hydrogen-bond donors (Lipinski definition) is 2. The quantitative estimate of drug-likeness (QED) is 0.244. The zero-order valence-corrected chi connectivity index (χ0v) is 16.8. The highest BCUT2D eigenvalue weighted by Gasteiger charge is 2.11. The summed E-state index contributed by atoms with van der Waals surface area (Å²) in [7, 11) is -0.974. The normalized spacial score (nSPS) is 12.2. The maximum atomic E-state index is 6.00. The lowest BCUT2D eigenvalue weighted by Gasteiger charge is -2.15. The second kappa shape index (κ2) is 8.87. The molecule has 3 nitrogen and oxygen atoms in total. The molecule has 0 aromatic heterocycles. The lowest BCUT2D eigenvalue weighted by molar-refractivity contribution is 0.807. The maximum Gasteiger partial charge on any atom is 0.186 e. The molecule has 7 heteroatoms. The van der Waals surface area contributed by atoms with Crippen LogP contribution in [0.4, 0.5) is 0 Å². The molecule has 2 N–H and O–H groups in total. The summed E-state index contributed by atoms with van der Waals surface area (Å²) in [5, 5.41) is 9.02. The Labute approximate surface area is 149 Å². The first-order valence-corrected chi connectivity index (χ1v) is 12.1. The van der Waals surface area contributed by atoms with E-state index in [2.05, 4.69) is 35.5 Å². The van der Waals surface area contributed by atoms with Crippen molar-refractivity contribution in [3.8, 4) is 0 Å². The summed E-state index contributed by atoms with van der Waals surface area (Å²) in [4.78, 5) is 0. The van der Waals surface area contributed by atoms with E-state index < -0.39 is 8.07 Å². The Hall–Kier alpha value is -0.623. The van der Waals surface area contributed by atoms with Gasteiger partial charge in [-0.25, -0.2) is 0 Å². The molecule has 0 saturated heterocycles. The average Bonchev–Trinajstić information content (AvgIpc) is 2.43. The first-order valence-electron chi connectivity index (χ1n) is 7.22. The Morgan fingerprint density at radius 2 is 1.91 bits per heavy atom. The minimum Gasteiger partial charge on any atom is -0.361 e. The molecule has 0 aliphatic heterocycles. The second-order valence-corrected chi connectivity index (χ2v) is 13.2. The van der Waals surface area contributed by atoms with Gasteiger partial charge in [-0.1, -0.05) is 55.0 Å². The minimum atomic E-state index is -0.974. The Morgan fingerprint density at radius 3 is 2.50 bits per heavy atom. The molecule has 0 aliphatic rings. The van der Waals surface area contributed by atoms with E-state index in [1.54, 1.807) is 12.1 Å². The zero-order chi connectivity index (χ0) is 16.8. The number of thiocarbonyl (C=S) groups is 1. The topological polar surface area (TPSA) is 36.4 Å². The van der Waals surface area contributed by atoms with Gasteiger partial charge in [0.2, 0.25) is 0 Å². The number of benzene rings is 1. The largest absolute Gasteiger partial charge is 0.361 e. The fraction of sp³-hybridized carbons (Fsp3) is 0.467. The minimum absolute atomic E-state index is 0.515. The smallest absolute Gasteiger partial charge is 0.186 e. The monoisotopic (exact) mass is 375 g/mol. The maximum absolute atomic E-state index is 6.00. The van der Waals surface area contributed by atoms with Crippen molar-refractivity contribution in [3.05, 3.63) is 33.8 Å². The zero-order valence-electron chi connectivity index (χ0n) is 13.5. The third-order valence-electron chi connectivity index (χ3n) is 3.05. The Bertz CT molecular complexity index is 556. The molecule has 0 aliphatic carbocycles. The van der Waals surface area contributed by atoms with Crippen molar-refractivity contribution in [2.45, 2.75) is 39.0 Å². The molecule has 122 valence electrons. The highest BCUT2D eigenvalue weighted by atomic mass is 35.5. The number of nitrogens with one attached hydrogen (secondary N) is 2. The van der Waals surface area contributed by atoms with Crippen LogP contribution in [0.3, 0.4) is 0 Å². The van der Waals surface area contributed by atoms with Gasteiger partial charge in [-0.05, 0) is 43.3 Å². The summed E-state index contributed by atoms with van der Waals surface area (Å²) in [6.45, 7) is 9.87. The standard InChI is InChI=1S/C15H23Cl2N3SSi/c1-11(12-6-7-13(16)14(17)10-12)19-20-15(21)18-8-5-9-22(2,3)4/h6-7,10H,5,8-9H2,1-4H3,(H2,18,20,21)/b19-11+. The molecule has 0 amide bonds. The van der Waals surface area contributed by atoms with Crippen molar-refractivity contribution in [1.29, 1.82) is 0 Å². The van der Waals surface area contributed by atoms with Gasteiger partial charge in [-0.2, -0.15) is 5.10 Å². The number of hydrogen-bond acceptors (Lipinski definition) is 2. The van der Waals surface area contributed by atoms with Gasteiger partial charge in [0, 0.05) is 14.6 Å². The van der Waals surface area contributed by atoms with Crippen molar-refractivity contribution in [2.75, 3.05) is 6.54 Å². The second-order valence-electron chi connectivity index (χ2n) is 6.36. The molecule has 0 heterocycles. The number of hydrazone groups is 1. The van der Waals surface area contributed by atoms with E-state index in [0.29, 0.717) is 15.2 Å². The lowest BCUT2D eigenvalue weighted by Crippen LogP contribution is -2.34. The van der Waals surface area contributed by atoms with Crippen LogP contribution >= 0.6 is 35.4 Å². The summed E-state index contributed by atoms with van der Waals surface area (Å²) in [5.74, 6) is 0. The first kappa shape index (κ1) is 19.4. The molecule has 0 spiro atoms. The van der Waals surface area contributed by atoms with Crippen LogP contribution in [0.1, 0.15) is 18.9 Å². The number of nitrogens with zero attached hydrogens (tertiary/aromatic N) is 1. The van der Waals surface area contributed by atoms with Gasteiger partial charge in [0.1, 0.15) is 0 Å². The molecule has 1 aromatic rings. The van der Waals surface area contributed by atoms with Crippen molar-refractivity contribution in [3.63, 3.8) is 0 Å². The van der Waals surface area contributed by atoms with Crippen LogP contribution in [0.15, 0.2) is 23.3 Å². The predicted molar refractivity (Wildman–Crippen MR) is 105 cm³/mol. The van der Waals surface area contributed by atoms with Crippen LogP contribution in [0.5, 0.6) is 0 Å². The van der Waals surface area contributed by atoms with E-state index in [-0.39, 0.29) is 0 Å². The van der Waals surface area contributed by atoms with E-state index in [1.165, 1.54) is 6.04 Å². The Kier molecular flexibility index (Phi) is 7.83. The van der Waals surface area contributed by atoms with E-state index in [1.807, 2.05) is 13.0 Å². The van der Waals surface area contributed by atoms with E-state index >= 15 is 0 Å². The van der Waals surface area contributed by atoms with E-state index in [4.69, 9.17) is 35.4 Å². The van der Waals surface area contributed by atoms with Gasteiger partial charge < -0.3 is 5.32 Å². The fourth-order valence-electron chi connectivity index (χ4n) is 1.78. The van der Waals surface area contributed by atoms with Gasteiger partial charge in [0.15, 0.2) is 5.11 Å². The first-order chi connectivity index (χ1) is 10.2. The number of rotatable bonds is 6. The molecule has 0 bridgehead atoms. The van der Waals surface area contributed by atoms with Crippen molar-refractivity contribution in [1.82, 2.24) is 10.7 Å². The molecule has 0 radical (unpaired) electrons. The molecule has 0 atom stereocenters. The highest BCUT2D eigenvalue weighted by Crippen LogP contribution is 2.22. The lowest BCUT2D eigenvalue weighted by atomic mass is 10.1. The molecule has 0 saturated carbocycles. The van der Waals surface area contributed by atoms with E-state index in [0.717, 1.165) is 24.2 Å². The van der Waals surface area contributed by atoms with Gasteiger partial charge in [-0.15, -0.1) is 0 Å². The van der Waals surface area contributed by atoms with Crippen LogP contribution in [-0.4, -0.2) is 25.4 Å². The van der Waals surface area contributed by atoms with Crippen LogP contribution in [0.2, 0.25) is 35.7 Å². The van der Waals surface area contributed by atoms with Gasteiger partial charge >= 0.3 is 0 Å². The van der Waals surface area contributed by atoms with Crippen LogP contribution < -0.4 is 10.7 Å². The molecular formula is C15H23Cl2N3SSi. The summed E-state index contributed by atoms with van der Waals surface area (Å²) in [6, 6.07) is 6.70. The number of halogens is 2.